The summed E-state index contributed by atoms with van der Waals surface area (Å²) in [6, 6.07) is 7.81. The summed E-state index contributed by atoms with van der Waals surface area (Å²) in [4.78, 5) is 31.1. The zero-order valence-electron chi connectivity index (χ0n) is 17.6. The molecular weight excluding hydrogens is 370 g/mol. The average Bonchev–Trinajstić information content (AvgIpc) is 3.20. The maximum absolute atomic E-state index is 12.7. The van der Waals surface area contributed by atoms with E-state index in [1.165, 1.54) is 0 Å². The monoisotopic (exact) mass is 403 g/mol. The van der Waals surface area contributed by atoms with Crippen LogP contribution in [0.25, 0.3) is 0 Å². The minimum absolute atomic E-state index is 0.0871. The molecule has 160 valence electrons. The molecule has 1 aromatic carbocycles. The molecule has 7 heteroatoms. The van der Waals surface area contributed by atoms with Gasteiger partial charge in [0.25, 0.3) is 0 Å². The van der Waals surface area contributed by atoms with Gasteiger partial charge in [0.2, 0.25) is 11.8 Å². The van der Waals surface area contributed by atoms with Crippen molar-refractivity contribution in [3.8, 4) is 5.75 Å². The van der Waals surface area contributed by atoms with Crippen molar-refractivity contribution in [1.29, 1.82) is 0 Å². The number of hydrogen-bond donors (Lipinski definition) is 0. The largest absolute Gasteiger partial charge is 0.494 e. The molecule has 2 fully saturated rings. The van der Waals surface area contributed by atoms with E-state index in [4.69, 9.17) is 9.47 Å². The zero-order valence-corrected chi connectivity index (χ0v) is 17.6. The van der Waals surface area contributed by atoms with E-state index in [0.717, 1.165) is 50.6 Å². The Bertz CT molecular complexity index is 673. The smallest absolute Gasteiger partial charge is 0.227 e. The Morgan fingerprint density at radius 3 is 2.55 bits per heavy atom. The molecule has 0 N–H and O–H groups in total. The number of amides is 2. The summed E-state index contributed by atoms with van der Waals surface area (Å²) in [6.45, 7) is 10.5. The van der Waals surface area contributed by atoms with Crippen LogP contribution in [0.2, 0.25) is 0 Å². The van der Waals surface area contributed by atoms with Crippen LogP contribution in [0.15, 0.2) is 24.3 Å². The molecule has 2 aliphatic rings. The van der Waals surface area contributed by atoms with Gasteiger partial charge in [-0.3, -0.25) is 14.5 Å². The lowest BCUT2D eigenvalue weighted by Gasteiger charge is -2.32. The van der Waals surface area contributed by atoms with Crippen molar-refractivity contribution in [3.05, 3.63) is 29.8 Å². The summed E-state index contributed by atoms with van der Waals surface area (Å²) in [5.74, 6) is 1.03. The minimum Gasteiger partial charge on any atom is -0.494 e. The van der Waals surface area contributed by atoms with Crippen molar-refractivity contribution >= 4 is 11.8 Å². The molecule has 0 aliphatic carbocycles. The number of ether oxygens (including phenoxy) is 2. The van der Waals surface area contributed by atoms with Gasteiger partial charge in [0.15, 0.2) is 0 Å². The molecule has 1 unspecified atom stereocenters. The molecule has 2 heterocycles. The van der Waals surface area contributed by atoms with Crippen LogP contribution < -0.4 is 4.74 Å². The number of likely N-dealkylation sites (tertiary alicyclic amines) is 1. The van der Waals surface area contributed by atoms with Gasteiger partial charge in [0.1, 0.15) is 5.75 Å². The van der Waals surface area contributed by atoms with E-state index in [-0.39, 0.29) is 17.9 Å². The summed E-state index contributed by atoms with van der Waals surface area (Å²) in [7, 11) is 0. The van der Waals surface area contributed by atoms with Gasteiger partial charge in [0, 0.05) is 46.2 Å². The molecular formula is C22H33N3O4. The molecule has 2 amide bonds. The number of rotatable bonds is 8. The third-order valence-corrected chi connectivity index (χ3v) is 5.71. The first-order valence-electron chi connectivity index (χ1n) is 10.6. The van der Waals surface area contributed by atoms with Gasteiger partial charge in [0.05, 0.1) is 32.3 Å². The SMILES string of the molecule is CCOc1ccc(CC(=O)N2CCC(N(CCN3CCOCC3)C(C)=O)C2)cc1. The molecule has 7 nitrogen and oxygen atoms in total. The first kappa shape index (κ1) is 21.6. The van der Waals surface area contributed by atoms with Crippen LogP contribution in [0.4, 0.5) is 0 Å². The highest BCUT2D eigenvalue weighted by atomic mass is 16.5. The average molecular weight is 404 g/mol. The molecule has 0 bridgehead atoms. The summed E-state index contributed by atoms with van der Waals surface area (Å²) in [5.41, 5.74) is 0.984. The Labute approximate surface area is 173 Å². The molecule has 2 aliphatic heterocycles. The predicted octanol–water partition coefficient (Wildman–Crippen LogP) is 1.41. The van der Waals surface area contributed by atoms with Crippen LogP contribution in [0.5, 0.6) is 5.75 Å². The molecule has 0 spiro atoms. The second kappa shape index (κ2) is 10.6. The topological polar surface area (TPSA) is 62.3 Å². The fraction of sp³-hybridized carbons (Fsp3) is 0.636. The van der Waals surface area contributed by atoms with Crippen molar-refractivity contribution in [3.63, 3.8) is 0 Å². The number of carbonyl (C=O) groups excluding carboxylic acids is 2. The van der Waals surface area contributed by atoms with Gasteiger partial charge in [-0.25, -0.2) is 0 Å². The molecule has 0 saturated carbocycles. The normalized spacial score (nSPS) is 19.9. The molecule has 29 heavy (non-hydrogen) atoms. The zero-order chi connectivity index (χ0) is 20.6. The van der Waals surface area contributed by atoms with E-state index >= 15 is 0 Å². The van der Waals surface area contributed by atoms with Crippen molar-refractivity contribution in [2.24, 2.45) is 0 Å². The van der Waals surface area contributed by atoms with Gasteiger partial charge in [-0.1, -0.05) is 12.1 Å². The molecule has 0 radical (unpaired) electrons. The van der Waals surface area contributed by atoms with Crippen LogP contribution in [0.1, 0.15) is 25.8 Å². The van der Waals surface area contributed by atoms with Crippen LogP contribution in [0.3, 0.4) is 0 Å². The Balaban J connectivity index is 1.49. The summed E-state index contributed by atoms with van der Waals surface area (Å²) in [5, 5.41) is 0. The molecule has 3 rings (SSSR count). The van der Waals surface area contributed by atoms with Gasteiger partial charge in [-0.05, 0) is 31.0 Å². The standard InChI is InChI=1S/C22H33N3O4/c1-3-29-21-6-4-19(5-7-21)16-22(27)24-9-8-20(17-24)25(18(2)26)11-10-23-12-14-28-15-13-23/h4-7,20H,3,8-17H2,1-2H3. The Kier molecular flexibility index (Phi) is 7.89. The summed E-state index contributed by atoms with van der Waals surface area (Å²) < 4.78 is 10.8. The summed E-state index contributed by atoms with van der Waals surface area (Å²) >= 11 is 0. The third kappa shape index (κ3) is 6.18. The molecule has 0 aromatic heterocycles. The fourth-order valence-electron chi connectivity index (χ4n) is 4.05. The fourth-order valence-corrected chi connectivity index (χ4v) is 4.05. The highest BCUT2D eigenvalue weighted by Gasteiger charge is 2.31. The van der Waals surface area contributed by atoms with Crippen molar-refractivity contribution in [2.75, 3.05) is 59.1 Å². The first-order valence-corrected chi connectivity index (χ1v) is 10.6. The van der Waals surface area contributed by atoms with E-state index in [1.807, 2.05) is 41.0 Å². The second-order valence-corrected chi connectivity index (χ2v) is 7.70. The lowest BCUT2D eigenvalue weighted by molar-refractivity contribution is -0.133. The number of hydrogen-bond acceptors (Lipinski definition) is 5. The highest BCUT2D eigenvalue weighted by Crippen LogP contribution is 2.19. The molecule has 1 atom stereocenters. The van der Waals surface area contributed by atoms with E-state index in [1.54, 1.807) is 6.92 Å². The number of nitrogens with zero attached hydrogens (tertiary/aromatic N) is 3. The lowest BCUT2D eigenvalue weighted by Crippen LogP contribution is -2.47. The van der Waals surface area contributed by atoms with Crippen LogP contribution in [0, 0.1) is 0 Å². The number of morpholine rings is 1. The quantitative estimate of drug-likeness (QED) is 0.657. The van der Waals surface area contributed by atoms with E-state index in [0.29, 0.717) is 32.7 Å². The van der Waals surface area contributed by atoms with E-state index in [2.05, 4.69) is 4.90 Å². The van der Waals surface area contributed by atoms with Crippen molar-refractivity contribution in [2.45, 2.75) is 32.7 Å². The minimum atomic E-state index is 0.0871. The Hall–Kier alpha value is -2.12. The van der Waals surface area contributed by atoms with Crippen LogP contribution >= 0.6 is 0 Å². The van der Waals surface area contributed by atoms with Gasteiger partial charge in [-0.2, -0.15) is 0 Å². The van der Waals surface area contributed by atoms with Crippen LogP contribution in [-0.2, 0) is 20.7 Å². The lowest BCUT2D eigenvalue weighted by atomic mass is 10.1. The van der Waals surface area contributed by atoms with Crippen molar-refractivity contribution in [1.82, 2.24) is 14.7 Å². The first-order chi connectivity index (χ1) is 14.1. The Morgan fingerprint density at radius 1 is 1.17 bits per heavy atom. The third-order valence-electron chi connectivity index (χ3n) is 5.71. The Morgan fingerprint density at radius 2 is 1.90 bits per heavy atom. The second-order valence-electron chi connectivity index (χ2n) is 7.70. The molecule has 1 aromatic rings. The maximum Gasteiger partial charge on any atom is 0.227 e. The van der Waals surface area contributed by atoms with E-state index in [9.17, 15) is 9.59 Å². The van der Waals surface area contributed by atoms with Crippen molar-refractivity contribution < 1.29 is 19.1 Å². The van der Waals surface area contributed by atoms with Gasteiger partial charge < -0.3 is 19.3 Å². The summed E-state index contributed by atoms with van der Waals surface area (Å²) in [6.07, 6.45) is 1.23. The van der Waals surface area contributed by atoms with Gasteiger partial charge >= 0.3 is 0 Å². The van der Waals surface area contributed by atoms with Crippen LogP contribution in [-0.4, -0.2) is 91.6 Å². The van der Waals surface area contributed by atoms with E-state index < -0.39 is 0 Å². The predicted molar refractivity (Wildman–Crippen MR) is 111 cm³/mol. The number of carbonyl (C=O) groups is 2. The maximum atomic E-state index is 12.7. The number of benzene rings is 1. The molecule has 2 saturated heterocycles. The highest BCUT2D eigenvalue weighted by molar-refractivity contribution is 5.79. The van der Waals surface area contributed by atoms with Gasteiger partial charge in [-0.15, -0.1) is 0 Å².